The summed E-state index contributed by atoms with van der Waals surface area (Å²) in [4.78, 5) is 6.60. The van der Waals surface area contributed by atoms with E-state index in [-0.39, 0.29) is 17.1 Å². The second-order valence-electron chi connectivity index (χ2n) is 5.49. The van der Waals surface area contributed by atoms with Crippen LogP contribution < -0.4 is 0 Å². The van der Waals surface area contributed by atoms with Crippen molar-refractivity contribution in [1.29, 1.82) is 0 Å². The Morgan fingerprint density at radius 2 is 1.77 bits per heavy atom. The Hall–Kier alpha value is -2.10. The summed E-state index contributed by atoms with van der Waals surface area (Å²) in [5.41, 5.74) is 1.89. The average molecular weight is 398 g/mol. The molecule has 26 heavy (non-hydrogen) atoms. The zero-order valence-electron chi connectivity index (χ0n) is 13.1. The van der Waals surface area contributed by atoms with Gasteiger partial charge in [0.05, 0.1) is 17.1 Å². The maximum absolute atomic E-state index is 13.1. The van der Waals surface area contributed by atoms with Crippen molar-refractivity contribution in [2.45, 2.75) is 16.8 Å². The lowest BCUT2D eigenvalue weighted by Crippen LogP contribution is -2.07. The molecular formula is C17H13F3N2O2S2. The zero-order chi connectivity index (χ0) is 18.9. The number of nitrogens with one attached hydrogen (secondary N) is 1. The van der Waals surface area contributed by atoms with E-state index in [0.717, 1.165) is 0 Å². The Kier molecular flexibility index (Phi) is 5.22. The number of halogens is 3. The second-order valence-corrected chi connectivity index (χ2v) is 6.90. The lowest BCUT2D eigenvalue weighted by Gasteiger charge is -2.06. The van der Waals surface area contributed by atoms with Gasteiger partial charge in [-0.2, -0.15) is 13.2 Å². The third-order valence-corrected chi connectivity index (χ3v) is 4.63. The molecule has 0 spiro atoms. The van der Waals surface area contributed by atoms with Gasteiger partial charge in [-0.25, -0.2) is 9.19 Å². The molecule has 3 rings (SSSR count). The largest absolute Gasteiger partial charge is 0.449 e. The number of benzene rings is 2. The molecule has 3 aromatic rings. The maximum atomic E-state index is 13.1. The predicted octanol–water partition coefficient (Wildman–Crippen LogP) is 4.77. The van der Waals surface area contributed by atoms with Gasteiger partial charge in [-0.1, -0.05) is 42.5 Å². The van der Waals surface area contributed by atoms with Crippen LogP contribution in [0.1, 0.15) is 11.4 Å². The van der Waals surface area contributed by atoms with E-state index in [1.165, 1.54) is 0 Å². The van der Waals surface area contributed by atoms with Gasteiger partial charge in [0.25, 0.3) is 0 Å². The van der Waals surface area contributed by atoms with Crippen LogP contribution in [-0.4, -0.2) is 18.7 Å². The van der Waals surface area contributed by atoms with E-state index in [1.54, 1.807) is 48.5 Å². The van der Waals surface area contributed by atoms with E-state index < -0.39 is 23.1 Å². The van der Waals surface area contributed by atoms with Crippen LogP contribution in [0, 0.1) is 0 Å². The van der Waals surface area contributed by atoms with Crippen LogP contribution in [-0.2, 0) is 23.0 Å². The normalized spacial score (nSPS) is 13.0. The Morgan fingerprint density at radius 1 is 1.12 bits per heavy atom. The first-order valence-corrected chi connectivity index (χ1v) is 9.10. The number of aromatic nitrogens is 2. The summed E-state index contributed by atoms with van der Waals surface area (Å²) < 4.78 is 59.2. The Balaban J connectivity index is 2.12. The SMILES string of the molecule is O=S(O)Cc1ccc(-c2nc(C(F)(F)F)[nH]c2-c2ccccc2S)cc1. The molecule has 1 atom stereocenters. The minimum absolute atomic E-state index is 0.0546. The summed E-state index contributed by atoms with van der Waals surface area (Å²) in [6.45, 7) is 0. The van der Waals surface area contributed by atoms with Gasteiger partial charge in [-0.3, -0.25) is 0 Å². The van der Waals surface area contributed by atoms with Gasteiger partial charge in [0.2, 0.25) is 5.82 Å². The van der Waals surface area contributed by atoms with Crippen molar-refractivity contribution in [3.63, 3.8) is 0 Å². The minimum Gasteiger partial charge on any atom is -0.334 e. The van der Waals surface area contributed by atoms with Crippen LogP contribution in [0.5, 0.6) is 0 Å². The number of hydrogen-bond donors (Lipinski definition) is 3. The van der Waals surface area contributed by atoms with Gasteiger partial charge in [0.15, 0.2) is 11.1 Å². The number of thiol groups is 1. The van der Waals surface area contributed by atoms with E-state index in [4.69, 9.17) is 4.55 Å². The molecular weight excluding hydrogens is 385 g/mol. The fourth-order valence-corrected chi connectivity index (χ4v) is 3.25. The van der Waals surface area contributed by atoms with Gasteiger partial charge in [0, 0.05) is 16.0 Å². The first-order valence-electron chi connectivity index (χ1n) is 7.38. The quantitative estimate of drug-likeness (QED) is 0.438. The summed E-state index contributed by atoms with van der Waals surface area (Å²) >= 11 is 2.32. The summed E-state index contributed by atoms with van der Waals surface area (Å²) in [6, 6.07) is 13.1. The number of aromatic amines is 1. The molecule has 0 amide bonds. The summed E-state index contributed by atoms with van der Waals surface area (Å²) in [6.07, 6.45) is -4.62. The highest BCUT2D eigenvalue weighted by Gasteiger charge is 2.36. The van der Waals surface area contributed by atoms with Crippen molar-refractivity contribution >= 4 is 23.7 Å². The van der Waals surface area contributed by atoms with Crippen LogP contribution in [0.3, 0.4) is 0 Å². The number of alkyl halides is 3. The van der Waals surface area contributed by atoms with Crippen LogP contribution in [0.2, 0.25) is 0 Å². The predicted molar refractivity (Wildman–Crippen MR) is 96.2 cm³/mol. The number of nitrogens with zero attached hydrogens (tertiary/aromatic N) is 1. The van der Waals surface area contributed by atoms with Crippen LogP contribution >= 0.6 is 12.6 Å². The van der Waals surface area contributed by atoms with E-state index in [1.807, 2.05) is 0 Å². The lowest BCUT2D eigenvalue weighted by atomic mass is 10.0. The van der Waals surface area contributed by atoms with Crippen LogP contribution in [0.15, 0.2) is 53.4 Å². The molecule has 1 aromatic heterocycles. The molecule has 0 fully saturated rings. The third kappa shape index (κ3) is 4.00. The van der Waals surface area contributed by atoms with Gasteiger partial charge in [0.1, 0.15) is 0 Å². The average Bonchev–Trinajstić information content (AvgIpc) is 3.01. The summed E-state index contributed by atoms with van der Waals surface area (Å²) in [7, 11) is 0. The van der Waals surface area contributed by atoms with E-state index in [0.29, 0.717) is 21.6 Å². The molecule has 4 nitrogen and oxygen atoms in total. The number of hydrogen-bond acceptors (Lipinski definition) is 3. The highest BCUT2D eigenvalue weighted by Crippen LogP contribution is 2.37. The molecule has 0 aliphatic heterocycles. The standard InChI is InChI=1S/C17H13F3N2O2S2/c18-17(19,20)16-21-14(11-7-5-10(6-8-11)9-26(23)24)15(22-16)12-3-1-2-4-13(12)25/h1-8,25H,9H2,(H,21,22)(H,23,24). The summed E-state index contributed by atoms with van der Waals surface area (Å²) in [5.74, 6) is -1.15. The first-order chi connectivity index (χ1) is 12.3. The van der Waals surface area contributed by atoms with Gasteiger partial charge >= 0.3 is 6.18 Å². The van der Waals surface area contributed by atoms with Crippen molar-refractivity contribution in [2.75, 3.05) is 0 Å². The second kappa shape index (κ2) is 7.26. The van der Waals surface area contributed by atoms with Crippen LogP contribution in [0.25, 0.3) is 22.5 Å². The van der Waals surface area contributed by atoms with E-state index in [9.17, 15) is 17.4 Å². The Morgan fingerprint density at radius 3 is 2.35 bits per heavy atom. The molecule has 136 valence electrons. The van der Waals surface area contributed by atoms with Crippen molar-refractivity contribution in [3.05, 3.63) is 59.9 Å². The third-order valence-electron chi connectivity index (χ3n) is 3.66. The topological polar surface area (TPSA) is 66.0 Å². The fourth-order valence-electron chi connectivity index (χ4n) is 2.50. The molecule has 2 aromatic carbocycles. The molecule has 0 saturated carbocycles. The van der Waals surface area contributed by atoms with Crippen molar-refractivity contribution < 1.29 is 21.9 Å². The molecule has 0 saturated heterocycles. The number of H-pyrrole nitrogens is 1. The molecule has 0 bridgehead atoms. The van der Waals surface area contributed by atoms with E-state index in [2.05, 4.69) is 22.6 Å². The molecule has 0 aliphatic carbocycles. The molecule has 0 radical (unpaired) electrons. The molecule has 1 heterocycles. The van der Waals surface area contributed by atoms with Gasteiger partial charge < -0.3 is 9.54 Å². The van der Waals surface area contributed by atoms with E-state index >= 15 is 0 Å². The number of imidazole rings is 1. The Labute approximate surface area is 155 Å². The van der Waals surface area contributed by atoms with Gasteiger partial charge in [-0.15, -0.1) is 12.6 Å². The lowest BCUT2D eigenvalue weighted by molar-refractivity contribution is -0.144. The number of rotatable bonds is 4. The van der Waals surface area contributed by atoms with Crippen molar-refractivity contribution in [2.24, 2.45) is 0 Å². The molecule has 9 heteroatoms. The van der Waals surface area contributed by atoms with Gasteiger partial charge in [-0.05, 0) is 11.6 Å². The smallest absolute Gasteiger partial charge is 0.334 e. The molecule has 0 aliphatic rings. The first kappa shape index (κ1) is 18.7. The highest BCUT2D eigenvalue weighted by molar-refractivity contribution is 7.80. The highest BCUT2D eigenvalue weighted by atomic mass is 32.2. The Bertz CT molecular complexity index is 953. The molecule has 2 N–H and O–H groups in total. The maximum Gasteiger partial charge on any atom is 0.449 e. The van der Waals surface area contributed by atoms with Crippen molar-refractivity contribution in [3.8, 4) is 22.5 Å². The molecule has 1 unspecified atom stereocenters. The monoisotopic (exact) mass is 398 g/mol. The van der Waals surface area contributed by atoms with Crippen LogP contribution in [0.4, 0.5) is 13.2 Å². The fraction of sp³-hybridized carbons (Fsp3) is 0.118. The minimum atomic E-state index is -4.62. The summed E-state index contributed by atoms with van der Waals surface area (Å²) in [5, 5.41) is 0. The van der Waals surface area contributed by atoms with Crippen molar-refractivity contribution in [1.82, 2.24) is 9.97 Å². The zero-order valence-corrected chi connectivity index (χ0v) is 14.8.